The highest BCUT2D eigenvalue weighted by Crippen LogP contribution is 2.05. The third-order valence-electron chi connectivity index (χ3n) is 1.95. The standard InChI is InChI=1S/C11H12F2N2O4/c12-8(13)6-19-5-4-10(16)15-9-3-1-2-7(14-9)11(17)18/h1-3,8H,4-6H2,(H,17,18)(H,14,15,16). The van der Waals surface area contributed by atoms with Gasteiger partial charge in [-0.15, -0.1) is 0 Å². The molecule has 2 N–H and O–H groups in total. The van der Waals surface area contributed by atoms with E-state index in [1.54, 1.807) is 0 Å². The zero-order valence-electron chi connectivity index (χ0n) is 9.81. The van der Waals surface area contributed by atoms with Gasteiger partial charge < -0.3 is 15.2 Å². The SMILES string of the molecule is O=C(CCOCC(F)F)Nc1cccc(C(=O)O)n1. The van der Waals surface area contributed by atoms with Gasteiger partial charge in [0.2, 0.25) is 5.91 Å². The highest BCUT2D eigenvalue weighted by molar-refractivity contribution is 5.91. The maximum Gasteiger partial charge on any atom is 0.354 e. The van der Waals surface area contributed by atoms with E-state index >= 15 is 0 Å². The predicted molar refractivity (Wildman–Crippen MR) is 61.3 cm³/mol. The fourth-order valence-corrected chi connectivity index (χ4v) is 1.17. The lowest BCUT2D eigenvalue weighted by Crippen LogP contribution is -2.17. The Bertz CT molecular complexity index is 454. The van der Waals surface area contributed by atoms with Crippen LogP contribution in [0.25, 0.3) is 0 Å². The highest BCUT2D eigenvalue weighted by atomic mass is 19.3. The Labute approximate surface area is 107 Å². The van der Waals surface area contributed by atoms with E-state index in [4.69, 9.17) is 5.11 Å². The number of rotatable bonds is 7. The molecule has 1 rings (SSSR count). The molecule has 0 unspecified atom stereocenters. The quantitative estimate of drug-likeness (QED) is 0.733. The van der Waals surface area contributed by atoms with Crippen LogP contribution in [0.1, 0.15) is 16.9 Å². The summed E-state index contributed by atoms with van der Waals surface area (Å²) in [5.74, 6) is -1.63. The number of carbonyl (C=O) groups excluding carboxylic acids is 1. The minimum atomic E-state index is -2.57. The third-order valence-corrected chi connectivity index (χ3v) is 1.95. The van der Waals surface area contributed by atoms with Crippen LogP contribution in [0.2, 0.25) is 0 Å². The molecule has 0 saturated heterocycles. The number of hydrogen-bond donors (Lipinski definition) is 2. The Morgan fingerprint density at radius 1 is 1.42 bits per heavy atom. The fraction of sp³-hybridized carbons (Fsp3) is 0.364. The van der Waals surface area contributed by atoms with Gasteiger partial charge in [-0.05, 0) is 12.1 Å². The van der Waals surface area contributed by atoms with Crippen LogP contribution >= 0.6 is 0 Å². The Hall–Kier alpha value is -2.09. The number of carboxylic acids is 1. The van der Waals surface area contributed by atoms with Crippen molar-refractivity contribution in [1.82, 2.24) is 4.98 Å². The second-order valence-electron chi connectivity index (χ2n) is 3.48. The van der Waals surface area contributed by atoms with Crippen molar-refractivity contribution >= 4 is 17.7 Å². The van der Waals surface area contributed by atoms with Crippen molar-refractivity contribution < 1.29 is 28.2 Å². The largest absolute Gasteiger partial charge is 0.477 e. The monoisotopic (exact) mass is 274 g/mol. The van der Waals surface area contributed by atoms with Crippen LogP contribution in [0.5, 0.6) is 0 Å². The van der Waals surface area contributed by atoms with Crippen molar-refractivity contribution in [2.24, 2.45) is 0 Å². The van der Waals surface area contributed by atoms with Crippen molar-refractivity contribution in [1.29, 1.82) is 0 Å². The van der Waals surface area contributed by atoms with Crippen LogP contribution < -0.4 is 5.32 Å². The molecule has 0 aliphatic heterocycles. The second kappa shape index (κ2) is 7.37. The number of hydrogen-bond acceptors (Lipinski definition) is 4. The van der Waals surface area contributed by atoms with Crippen molar-refractivity contribution in [3.63, 3.8) is 0 Å². The smallest absolute Gasteiger partial charge is 0.354 e. The van der Waals surface area contributed by atoms with E-state index in [1.165, 1.54) is 18.2 Å². The predicted octanol–water partition coefficient (Wildman–Crippen LogP) is 1.39. The molecule has 0 aliphatic carbocycles. The van der Waals surface area contributed by atoms with E-state index in [1.807, 2.05) is 0 Å². The molecule has 0 spiro atoms. The molecular weight excluding hydrogens is 262 g/mol. The number of aromatic carboxylic acids is 1. The van der Waals surface area contributed by atoms with Gasteiger partial charge in [0.15, 0.2) is 5.69 Å². The topological polar surface area (TPSA) is 88.5 Å². The van der Waals surface area contributed by atoms with Gasteiger partial charge in [-0.2, -0.15) is 0 Å². The lowest BCUT2D eigenvalue weighted by atomic mass is 10.3. The van der Waals surface area contributed by atoms with Crippen LogP contribution in [0.15, 0.2) is 18.2 Å². The maximum absolute atomic E-state index is 11.7. The number of anilines is 1. The number of carboxylic acid groups (broad SMARTS) is 1. The molecular formula is C11H12F2N2O4. The van der Waals surface area contributed by atoms with Gasteiger partial charge in [0.05, 0.1) is 13.0 Å². The van der Waals surface area contributed by atoms with Gasteiger partial charge in [0.1, 0.15) is 12.4 Å². The van der Waals surface area contributed by atoms with Crippen molar-refractivity contribution in [3.8, 4) is 0 Å². The Morgan fingerprint density at radius 2 is 2.16 bits per heavy atom. The van der Waals surface area contributed by atoms with Crippen molar-refractivity contribution in [2.75, 3.05) is 18.5 Å². The summed E-state index contributed by atoms with van der Waals surface area (Å²) >= 11 is 0. The first-order valence-electron chi connectivity index (χ1n) is 5.35. The molecule has 0 bridgehead atoms. The molecule has 8 heteroatoms. The summed E-state index contributed by atoms with van der Waals surface area (Å²) in [6, 6.07) is 4.13. The van der Waals surface area contributed by atoms with Crippen molar-refractivity contribution in [3.05, 3.63) is 23.9 Å². The van der Waals surface area contributed by atoms with Crippen LogP contribution in [0.4, 0.5) is 14.6 Å². The number of carbonyl (C=O) groups is 2. The van der Waals surface area contributed by atoms with Gasteiger partial charge in [-0.25, -0.2) is 18.6 Å². The first kappa shape index (κ1) is 15.0. The molecule has 104 valence electrons. The molecule has 0 fully saturated rings. The van der Waals surface area contributed by atoms with Gasteiger partial charge in [-0.3, -0.25) is 4.79 Å². The van der Waals surface area contributed by atoms with Gasteiger partial charge in [-0.1, -0.05) is 6.07 Å². The molecule has 1 aromatic rings. The zero-order valence-corrected chi connectivity index (χ0v) is 9.81. The molecule has 0 atom stereocenters. The molecule has 0 aliphatic rings. The van der Waals surface area contributed by atoms with Gasteiger partial charge in [0.25, 0.3) is 6.43 Å². The van der Waals surface area contributed by atoms with E-state index in [0.717, 1.165) is 0 Å². The van der Waals surface area contributed by atoms with E-state index in [0.29, 0.717) is 0 Å². The number of pyridine rings is 1. The van der Waals surface area contributed by atoms with Crippen LogP contribution in [0.3, 0.4) is 0 Å². The number of ether oxygens (including phenoxy) is 1. The summed E-state index contributed by atoms with van der Waals surface area (Å²) in [4.78, 5) is 25.7. The minimum absolute atomic E-state index is 0.0822. The maximum atomic E-state index is 11.7. The summed E-state index contributed by atoms with van der Waals surface area (Å²) in [5.41, 5.74) is -0.202. The molecule has 1 aromatic heterocycles. The zero-order chi connectivity index (χ0) is 14.3. The van der Waals surface area contributed by atoms with E-state index < -0.39 is 24.9 Å². The van der Waals surface area contributed by atoms with Crippen LogP contribution in [0, 0.1) is 0 Å². The second-order valence-corrected chi connectivity index (χ2v) is 3.48. The van der Waals surface area contributed by atoms with Crippen LogP contribution in [-0.2, 0) is 9.53 Å². The Balaban J connectivity index is 2.40. The van der Waals surface area contributed by atoms with E-state index in [9.17, 15) is 18.4 Å². The average molecular weight is 274 g/mol. The average Bonchev–Trinajstić information content (AvgIpc) is 2.34. The molecule has 1 amide bonds. The number of aromatic nitrogens is 1. The summed E-state index contributed by atoms with van der Waals surface area (Å²) in [5, 5.41) is 11.0. The number of nitrogens with one attached hydrogen (secondary N) is 1. The van der Waals surface area contributed by atoms with Gasteiger partial charge >= 0.3 is 5.97 Å². The minimum Gasteiger partial charge on any atom is -0.477 e. The number of alkyl halides is 2. The van der Waals surface area contributed by atoms with Crippen molar-refractivity contribution in [2.45, 2.75) is 12.8 Å². The number of amides is 1. The summed E-state index contributed by atoms with van der Waals surface area (Å²) < 4.78 is 28.0. The summed E-state index contributed by atoms with van der Waals surface area (Å²) in [6.45, 7) is -0.866. The van der Waals surface area contributed by atoms with E-state index in [-0.39, 0.29) is 24.5 Å². The molecule has 0 saturated carbocycles. The lowest BCUT2D eigenvalue weighted by Gasteiger charge is -2.05. The highest BCUT2D eigenvalue weighted by Gasteiger charge is 2.08. The Morgan fingerprint density at radius 3 is 2.79 bits per heavy atom. The fourth-order valence-electron chi connectivity index (χ4n) is 1.17. The van der Waals surface area contributed by atoms with Gasteiger partial charge in [0, 0.05) is 0 Å². The first-order chi connectivity index (χ1) is 8.99. The molecule has 19 heavy (non-hydrogen) atoms. The third kappa shape index (κ3) is 5.87. The summed E-state index contributed by atoms with van der Waals surface area (Å²) in [7, 11) is 0. The first-order valence-corrected chi connectivity index (χ1v) is 5.35. The summed E-state index contributed by atoms with van der Waals surface area (Å²) in [6.07, 6.45) is -2.69. The lowest BCUT2D eigenvalue weighted by molar-refractivity contribution is -0.117. The Kier molecular flexibility index (Phi) is 5.80. The molecule has 1 heterocycles. The molecule has 6 nitrogen and oxygen atoms in total. The molecule has 0 aromatic carbocycles. The number of nitrogens with zero attached hydrogens (tertiary/aromatic N) is 1. The van der Waals surface area contributed by atoms with Crippen LogP contribution in [-0.4, -0.2) is 41.6 Å². The number of halogens is 2. The molecule has 0 radical (unpaired) electrons. The normalized spacial score (nSPS) is 10.5. The van der Waals surface area contributed by atoms with E-state index in [2.05, 4.69) is 15.0 Å².